The molecule has 1 aromatic heterocycles. The van der Waals surface area contributed by atoms with Gasteiger partial charge in [-0.25, -0.2) is 4.79 Å². The lowest BCUT2D eigenvalue weighted by molar-refractivity contribution is 0.0236. The molecule has 1 N–H and O–H groups in total. The normalized spacial score (nSPS) is 15.0. The van der Waals surface area contributed by atoms with Gasteiger partial charge >= 0.3 is 6.09 Å². The number of aryl methyl sites for hydroxylation is 1. The number of carbonyl (C=O) groups is 1. The monoisotopic (exact) mass is 295 g/mol. The van der Waals surface area contributed by atoms with Crippen LogP contribution in [0.5, 0.6) is 0 Å². The fourth-order valence-corrected chi connectivity index (χ4v) is 2.02. The highest BCUT2D eigenvalue weighted by Gasteiger charge is 2.34. The Morgan fingerprint density at radius 1 is 1.52 bits per heavy atom. The minimum Gasteiger partial charge on any atom is -0.444 e. The molecule has 0 aliphatic heterocycles. The fourth-order valence-electron chi connectivity index (χ4n) is 2.02. The minimum absolute atomic E-state index is 0.214. The van der Waals surface area contributed by atoms with Gasteiger partial charge in [0.2, 0.25) is 0 Å². The topological polar surface area (TPSA) is 72.3 Å². The molecular weight excluding hydrogens is 270 g/mol. The van der Waals surface area contributed by atoms with Crippen molar-refractivity contribution < 1.29 is 9.53 Å². The first-order valence-electron chi connectivity index (χ1n) is 7.41. The van der Waals surface area contributed by atoms with Crippen LogP contribution < -0.4 is 5.32 Å². The fraction of sp³-hybridized carbons (Fsp3) is 0.786. The van der Waals surface area contributed by atoms with Crippen LogP contribution in [-0.2, 0) is 18.3 Å². The first-order chi connectivity index (χ1) is 9.87. The van der Waals surface area contributed by atoms with E-state index in [4.69, 9.17) is 4.74 Å². The summed E-state index contributed by atoms with van der Waals surface area (Å²) in [5, 5.41) is 11.0. The number of nitrogens with one attached hydrogen (secondary N) is 1. The largest absolute Gasteiger partial charge is 0.444 e. The predicted octanol–water partition coefficient (Wildman–Crippen LogP) is 1.30. The lowest BCUT2D eigenvalue weighted by atomic mass is 10.2. The third kappa shape index (κ3) is 5.00. The molecule has 7 heteroatoms. The number of ether oxygens (including phenoxy) is 1. The van der Waals surface area contributed by atoms with Crippen LogP contribution in [0.15, 0.2) is 6.20 Å². The minimum atomic E-state index is -0.446. The quantitative estimate of drug-likeness (QED) is 0.801. The van der Waals surface area contributed by atoms with E-state index in [2.05, 4.69) is 15.6 Å². The van der Waals surface area contributed by atoms with E-state index in [0.717, 1.165) is 25.1 Å². The van der Waals surface area contributed by atoms with Gasteiger partial charge in [0.1, 0.15) is 5.60 Å². The lowest BCUT2D eigenvalue weighted by Crippen LogP contribution is -2.41. The first kappa shape index (κ1) is 15.8. The zero-order valence-corrected chi connectivity index (χ0v) is 13.3. The summed E-state index contributed by atoms with van der Waals surface area (Å²) in [7, 11) is 1.86. The molecule has 0 aromatic carbocycles. The van der Waals surface area contributed by atoms with Crippen LogP contribution in [0.25, 0.3) is 0 Å². The smallest absolute Gasteiger partial charge is 0.410 e. The van der Waals surface area contributed by atoms with Crippen LogP contribution in [0.4, 0.5) is 4.79 Å². The van der Waals surface area contributed by atoms with Crippen molar-refractivity contribution in [1.29, 1.82) is 0 Å². The molecule has 0 spiro atoms. The Morgan fingerprint density at radius 2 is 2.24 bits per heavy atom. The molecule has 0 bridgehead atoms. The molecule has 1 heterocycles. The van der Waals surface area contributed by atoms with E-state index in [1.54, 1.807) is 10.9 Å². The second-order valence-electron chi connectivity index (χ2n) is 6.43. The van der Waals surface area contributed by atoms with Crippen molar-refractivity contribution in [2.45, 2.75) is 51.8 Å². The van der Waals surface area contributed by atoms with Gasteiger partial charge in [0, 0.05) is 32.7 Å². The van der Waals surface area contributed by atoms with Gasteiger partial charge < -0.3 is 15.0 Å². The van der Waals surface area contributed by atoms with Crippen LogP contribution in [0.1, 0.15) is 39.3 Å². The van der Waals surface area contributed by atoms with Gasteiger partial charge in [0.25, 0.3) is 0 Å². The van der Waals surface area contributed by atoms with E-state index in [1.165, 1.54) is 0 Å². The molecule has 1 aliphatic carbocycles. The van der Waals surface area contributed by atoms with Crippen LogP contribution in [-0.4, -0.2) is 50.7 Å². The number of amides is 1. The van der Waals surface area contributed by atoms with Gasteiger partial charge in [0.15, 0.2) is 0 Å². The van der Waals surface area contributed by atoms with Crippen molar-refractivity contribution in [3.8, 4) is 0 Å². The summed E-state index contributed by atoms with van der Waals surface area (Å²) >= 11 is 0. The summed E-state index contributed by atoms with van der Waals surface area (Å²) in [6.07, 6.45) is 3.67. The van der Waals surface area contributed by atoms with E-state index in [9.17, 15) is 4.79 Å². The standard InChI is InChI=1S/C14H25N5O2/c1-14(2,3)21-13(20)19(11-5-6-11)8-7-15-9-12-10-16-17-18(12)4/h10-11,15H,5-9H2,1-4H3. The van der Waals surface area contributed by atoms with E-state index < -0.39 is 5.60 Å². The van der Waals surface area contributed by atoms with Crippen LogP contribution in [0.3, 0.4) is 0 Å². The average Bonchev–Trinajstić information content (AvgIpc) is 3.11. The highest BCUT2D eigenvalue weighted by molar-refractivity contribution is 5.69. The maximum absolute atomic E-state index is 12.2. The Labute approximate surface area is 125 Å². The van der Waals surface area contributed by atoms with Crippen molar-refractivity contribution in [1.82, 2.24) is 25.2 Å². The number of hydrogen-bond donors (Lipinski definition) is 1. The second kappa shape index (κ2) is 6.43. The Morgan fingerprint density at radius 3 is 2.76 bits per heavy atom. The Kier molecular flexibility index (Phi) is 4.82. The summed E-state index contributed by atoms with van der Waals surface area (Å²) in [5.41, 5.74) is 0.572. The number of carbonyl (C=O) groups excluding carboxylic acids is 1. The molecule has 7 nitrogen and oxygen atoms in total. The Hall–Kier alpha value is -1.63. The van der Waals surface area contributed by atoms with Crippen molar-refractivity contribution in [3.05, 3.63) is 11.9 Å². The van der Waals surface area contributed by atoms with E-state index >= 15 is 0 Å². The van der Waals surface area contributed by atoms with Crippen molar-refractivity contribution in [2.75, 3.05) is 13.1 Å². The maximum Gasteiger partial charge on any atom is 0.410 e. The van der Waals surface area contributed by atoms with E-state index in [-0.39, 0.29) is 6.09 Å². The molecule has 1 amide bonds. The van der Waals surface area contributed by atoms with Crippen molar-refractivity contribution in [2.24, 2.45) is 7.05 Å². The zero-order valence-electron chi connectivity index (χ0n) is 13.3. The lowest BCUT2D eigenvalue weighted by Gasteiger charge is -2.27. The Bertz CT molecular complexity index is 476. The predicted molar refractivity (Wildman–Crippen MR) is 78.7 cm³/mol. The third-order valence-corrected chi connectivity index (χ3v) is 3.26. The van der Waals surface area contributed by atoms with E-state index in [0.29, 0.717) is 19.1 Å². The Balaban J connectivity index is 1.76. The van der Waals surface area contributed by atoms with Crippen molar-refractivity contribution >= 4 is 6.09 Å². The average molecular weight is 295 g/mol. The molecule has 21 heavy (non-hydrogen) atoms. The molecule has 0 saturated heterocycles. The summed E-state index contributed by atoms with van der Waals surface area (Å²) in [6, 6.07) is 0.347. The molecule has 1 saturated carbocycles. The molecule has 0 radical (unpaired) electrons. The van der Waals surface area contributed by atoms with Crippen molar-refractivity contribution in [3.63, 3.8) is 0 Å². The molecule has 118 valence electrons. The zero-order chi connectivity index (χ0) is 15.5. The van der Waals surface area contributed by atoms with E-state index in [1.807, 2.05) is 32.7 Å². The summed E-state index contributed by atoms with van der Waals surface area (Å²) in [6.45, 7) is 7.75. The first-order valence-corrected chi connectivity index (χ1v) is 7.41. The maximum atomic E-state index is 12.2. The molecule has 2 rings (SSSR count). The van der Waals surface area contributed by atoms with Gasteiger partial charge in [0.05, 0.1) is 11.9 Å². The summed E-state index contributed by atoms with van der Waals surface area (Å²) in [4.78, 5) is 14.0. The summed E-state index contributed by atoms with van der Waals surface area (Å²) < 4.78 is 7.19. The number of nitrogens with zero attached hydrogens (tertiary/aromatic N) is 4. The second-order valence-corrected chi connectivity index (χ2v) is 6.43. The van der Waals surface area contributed by atoms with Gasteiger partial charge in [-0.1, -0.05) is 5.21 Å². The molecule has 0 atom stereocenters. The van der Waals surface area contributed by atoms with Crippen LogP contribution >= 0.6 is 0 Å². The van der Waals surface area contributed by atoms with Gasteiger partial charge in [-0.2, -0.15) is 0 Å². The van der Waals surface area contributed by atoms with Gasteiger partial charge in [-0.3, -0.25) is 4.68 Å². The van der Waals surface area contributed by atoms with Crippen LogP contribution in [0.2, 0.25) is 0 Å². The summed E-state index contributed by atoms with van der Waals surface area (Å²) in [5.74, 6) is 0. The highest BCUT2D eigenvalue weighted by atomic mass is 16.6. The SMILES string of the molecule is Cn1nncc1CNCCN(C(=O)OC(C)(C)C)C1CC1. The number of rotatable bonds is 6. The molecule has 1 aromatic rings. The molecule has 1 fully saturated rings. The molecule has 0 unspecified atom stereocenters. The van der Waals surface area contributed by atoms with Gasteiger partial charge in [-0.15, -0.1) is 5.10 Å². The highest BCUT2D eigenvalue weighted by Crippen LogP contribution is 2.27. The number of aromatic nitrogens is 3. The number of hydrogen-bond acceptors (Lipinski definition) is 5. The van der Waals surface area contributed by atoms with Gasteiger partial charge in [-0.05, 0) is 33.6 Å². The molecular formula is C14H25N5O2. The molecule has 1 aliphatic rings. The van der Waals surface area contributed by atoms with Crippen LogP contribution in [0, 0.1) is 0 Å². The third-order valence-electron chi connectivity index (χ3n) is 3.26.